The summed E-state index contributed by atoms with van der Waals surface area (Å²) < 4.78 is 1.90. The molecule has 2 nitrogen and oxygen atoms in total. The lowest BCUT2D eigenvalue weighted by atomic mass is 10.1. The van der Waals surface area contributed by atoms with Crippen molar-refractivity contribution in [3.8, 4) is 0 Å². The molecule has 0 saturated heterocycles. The van der Waals surface area contributed by atoms with Crippen LogP contribution in [0.5, 0.6) is 0 Å². The predicted molar refractivity (Wildman–Crippen MR) is 94.8 cm³/mol. The van der Waals surface area contributed by atoms with Gasteiger partial charge in [-0.1, -0.05) is 47.5 Å². The molecule has 2 heterocycles. The maximum absolute atomic E-state index is 12.8. The third-order valence-electron chi connectivity index (χ3n) is 3.97. The van der Waals surface area contributed by atoms with Crippen molar-refractivity contribution in [2.75, 3.05) is 0 Å². The molecule has 0 saturated carbocycles. The summed E-state index contributed by atoms with van der Waals surface area (Å²) >= 11 is 12.1. The van der Waals surface area contributed by atoms with E-state index in [9.17, 15) is 4.79 Å². The number of benzene rings is 2. The van der Waals surface area contributed by atoms with Gasteiger partial charge in [0, 0.05) is 22.2 Å². The minimum Gasteiger partial charge on any atom is -0.313 e. The van der Waals surface area contributed by atoms with E-state index in [0.29, 0.717) is 21.3 Å². The van der Waals surface area contributed by atoms with Gasteiger partial charge in [0.15, 0.2) is 0 Å². The molecule has 0 atom stereocenters. The van der Waals surface area contributed by atoms with Crippen molar-refractivity contribution in [3.05, 3.63) is 88.2 Å². The van der Waals surface area contributed by atoms with Crippen LogP contribution in [0.2, 0.25) is 10.0 Å². The van der Waals surface area contributed by atoms with Crippen molar-refractivity contribution in [1.29, 1.82) is 0 Å². The first-order valence-electron chi connectivity index (χ1n) is 7.14. The predicted octanol–water partition coefficient (Wildman–Crippen LogP) is 5.63. The van der Waals surface area contributed by atoms with Crippen LogP contribution in [0.4, 0.5) is 0 Å². The smallest absolute Gasteiger partial charge is 0.211 e. The van der Waals surface area contributed by atoms with E-state index in [2.05, 4.69) is 6.07 Å². The van der Waals surface area contributed by atoms with E-state index in [-0.39, 0.29) is 5.78 Å². The number of aromatic nitrogens is 1. The molecule has 0 amide bonds. The lowest BCUT2D eigenvalue weighted by Crippen LogP contribution is -2.05. The van der Waals surface area contributed by atoms with Crippen LogP contribution >= 0.6 is 23.2 Å². The van der Waals surface area contributed by atoms with Crippen LogP contribution in [0.15, 0.2) is 66.9 Å². The normalized spacial score (nSPS) is 11.2. The fourth-order valence-corrected chi connectivity index (χ4v) is 3.35. The molecule has 2 aromatic heterocycles. The fourth-order valence-electron chi connectivity index (χ4n) is 2.86. The summed E-state index contributed by atoms with van der Waals surface area (Å²) in [5.74, 6) is -0.123. The van der Waals surface area contributed by atoms with Crippen molar-refractivity contribution in [3.63, 3.8) is 0 Å². The van der Waals surface area contributed by atoms with Crippen molar-refractivity contribution >= 4 is 45.3 Å². The number of hydrogen-bond acceptors (Lipinski definition) is 1. The highest BCUT2D eigenvalue weighted by atomic mass is 35.5. The number of pyridine rings is 1. The molecule has 0 radical (unpaired) electrons. The molecule has 0 aliphatic heterocycles. The number of ketones is 1. The summed E-state index contributed by atoms with van der Waals surface area (Å²) in [5.41, 5.74) is 2.02. The minimum atomic E-state index is -0.123. The van der Waals surface area contributed by atoms with E-state index in [1.165, 1.54) is 0 Å². The van der Waals surface area contributed by atoms with Crippen molar-refractivity contribution in [2.45, 2.75) is 0 Å². The lowest BCUT2D eigenvalue weighted by Gasteiger charge is -2.07. The Kier molecular flexibility index (Phi) is 3.37. The number of fused-ring (bicyclic) bond motifs is 3. The van der Waals surface area contributed by atoms with Gasteiger partial charge in [-0.05, 0) is 41.8 Å². The number of nitrogens with zero attached hydrogens (tertiary/aromatic N) is 1. The number of halogens is 2. The lowest BCUT2D eigenvalue weighted by molar-refractivity contribution is 0.103. The van der Waals surface area contributed by atoms with Gasteiger partial charge in [-0.2, -0.15) is 0 Å². The zero-order valence-electron chi connectivity index (χ0n) is 12.0. The Balaban J connectivity index is 1.92. The maximum Gasteiger partial charge on any atom is 0.211 e. The quantitative estimate of drug-likeness (QED) is 0.433. The molecule has 0 spiro atoms. The van der Waals surface area contributed by atoms with E-state index in [1.807, 2.05) is 47.0 Å². The van der Waals surface area contributed by atoms with Gasteiger partial charge in [0.2, 0.25) is 5.78 Å². The number of carbonyl (C=O) groups excluding carboxylic acids is 1. The first-order valence-corrected chi connectivity index (χ1v) is 7.89. The van der Waals surface area contributed by atoms with Gasteiger partial charge in [0.25, 0.3) is 0 Å². The third-order valence-corrected chi connectivity index (χ3v) is 4.51. The highest BCUT2D eigenvalue weighted by molar-refractivity contribution is 6.37. The SMILES string of the molecule is O=C(c1ccc(Cl)cc1Cl)c1ccc2c3ccccc3ccn12. The molecule has 0 aliphatic rings. The van der Waals surface area contributed by atoms with E-state index >= 15 is 0 Å². The topological polar surface area (TPSA) is 21.5 Å². The molecule has 0 aliphatic carbocycles. The molecule has 4 rings (SSSR count). The summed E-state index contributed by atoms with van der Waals surface area (Å²) in [5, 5.41) is 3.12. The summed E-state index contributed by atoms with van der Waals surface area (Å²) in [6, 6.07) is 18.8. The Morgan fingerprint density at radius 2 is 1.74 bits per heavy atom. The van der Waals surface area contributed by atoms with Crippen LogP contribution in [0.25, 0.3) is 16.3 Å². The molecule has 2 aromatic carbocycles. The third kappa shape index (κ3) is 2.31. The summed E-state index contributed by atoms with van der Waals surface area (Å²) in [7, 11) is 0. The van der Waals surface area contributed by atoms with E-state index in [1.54, 1.807) is 18.2 Å². The van der Waals surface area contributed by atoms with Crippen LogP contribution < -0.4 is 0 Å². The number of hydrogen-bond donors (Lipinski definition) is 0. The van der Waals surface area contributed by atoms with Gasteiger partial charge < -0.3 is 4.40 Å². The minimum absolute atomic E-state index is 0.123. The Bertz CT molecular complexity index is 1070. The number of carbonyl (C=O) groups is 1. The summed E-state index contributed by atoms with van der Waals surface area (Å²) in [4.78, 5) is 12.8. The van der Waals surface area contributed by atoms with Crippen LogP contribution in [0.3, 0.4) is 0 Å². The summed E-state index contributed by atoms with van der Waals surface area (Å²) in [6.45, 7) is 0. The van der Waals surface area contributed by atoms with Gasteiger partial charge in [-0.15, -0.1) is 0 Å². The molecular formula is C19H11Cl2NO. The van der Waals surface area contributed by atoms with E-state index < -0.39 is 0 Å². The maximum atomic E-state index is 12.8. The molecule has 0 unspecified atom stereocenters. The molecule has 0 N–H and O–H groups in total. The molecule has 0 bridgehead atoms. The molecule has 23 heavy (non-hydrogen) atoms. The average Bonchev–Trinajstić information content (AvgIpc) is 2.98. The standard InChI is InChI=1S/C19H11Cl2NO/c20-13-5-6-15(16(21)11-13)19(23)18-8-7-17-14-4-2-1-3-12(14)9-10-22(17)18/h1-11H. The van der Waals surface area contributed by atoms with Gasteiger partial charge in [-0.3, -0.25) is 4.79 Å². The zero-order valence-corrected chi connectivity index (χ0v) is 13.5. The highest BCUT2D eigenvalue weighted by Crippen LogP contribution is 2.26. The van der Waals surface area contributed by atoms with Crippen molar-refractivity contribution < 1.29 is 4.79 Å². The molecular weight excluding hydrogens is 329 g/mol. The van der Waals surface area contributed by atoms with Gasteiger partial charge in [-0.25, -0.2) is 0 Å². The Labute approximate surface area is 142 Å². The van der Waals surface area contributed by atoms with E-state index in [4.69, 9.17) is 23.2 Å². The van der Waals surface area contributed by atoms with E-state index in [0.717, 1.165) is 16.3 Å². The first kappa shape index (κ1) is 14.3. The van der Waals surface area contributed by atoms with Crippen LogP contribution in [-0.2, 0) is 0 Å². The highest BCUT2D eigenvalue weighted by Gasteiger charge is 2.17. The Hall–Kier alpha value is -2.29. The second kappa shape index (κ2) is 5.41. The first-order chi connectivity index (χ1) is 11.1. The van der Waals surface area contributed by atoms with Crippen molar-refractivity contribution in [2.24, 2.45) is 0 Å². The Morgan fingerprint density at radius 3 is 2.57 bits per heavy atom. The van der Waals surface area contributed by atoms with Crippen LogP contribution in [0.1, 0.15) is 16.1 Å². The largest absolute Gasteiger partial charge is 0.313 e. The number of rotatable bonds is 2. The zero-order chi connectivity index (χ0) is 16.0. The van der Waals surface area contributed by atoms with Crippen LogP contribution in [0, 0.1) is 0 Å². The van der Waals surface area contributed by atoms with Crippen molar-refractivity contribution in [1.82, 2.24) is 4.40 Å². The second-order valence-electron chi connectivity index (χ2n) is 5.33. The second-order valence-corrected chi connectivity index (χ2v) is 6.17. The summed E-state index contributed by atoms with van der Waals surface area (Å²) in [6.07, 6.45) is 1.91. The average molecular weight is 340 g/mol. The molecule has 0 fully saturated rings. The Morgan fingerprint density at radius 1 is 0.913 bits per heavy atom. The van der Waals surface area contributed by atoms with Gasteiger partial charge >= 0.3 is 0 Å². The molecule has 4 heteroatoms. The fraction of sp³-hybridized carbons (Fsp3) is 0. The van der Waals surface area contributed by atoms with Crippen LogP contribution in [-0.4, -0.2) is 10.2 Å². The van der Waals surface area contributed by atoms with Gasteiger partial charge in [0.05, 0.1) is 16.2 Å². The molecule has 4 aromatic rings. The van der Waals surface area contributed by atoms with Gasteiger partial charge in [0.1, 0.15) is 0 Å². The molecule has 112 valence electrons. The monoisotopic (exact) mass is 339 g/mol.